The summed E-state index contributed by atoms with van der Waals surface area (Å²) in [6, 6.07) is 0. The van der Waals surface area contributed by atoms with Crippen molar-refractivity contribution in [1.82, 2.24) is 10.1 Å². The van der Waals surface area contributed by atoms with Crippen LogP contribution in [0.5, 0.6) is 0 Å². The maximum atomic E-state index is 5.40. The molecule has 1 aliphatic rings. The summed E-state index contributed by atoms with van der Waals surface area (Å²) in [5.74, 6) is 2.73. The molecule has 0 bridgehead atoms. The molecule has 2 heterocycles. The van der Waals surface area contributed by atoms with Crippen molar-refractivity contribution in [2.75, 3.05) is 12.3 Å². The van der Waals surface area contributed by atoms with Gasteiger partial charge in [0.05, 0.1) is 5.25 Å². The highest BCUT2D eigenvalue weighted by molar-refractivity contribution is 7.99. The van der Waals surface area contributed by atoms with E-state index in [9.17, 15) is 0 Å². The van der Waals surface area contributed by atoms with Crippen molar-refractivity contribution in [1.29, 1.82) is 0 Å². The van der Waals surface area contributed by atoms with Crippen molar-refractivity contribution in [3.63, 3.8) is 0 Å². The molecule has 2 N–H and O–H groups in total. The third kappa shape index (κ3) is 2.03. The van der Waals surface area contributed by atoms with E-state index in [0.717, 1.165) is 18.1 Å². The average Bonchev–Trinajstić information content (AvgIpc) is 2.70. The fourth-order valence-electron chi connectivity index (χ4n) is 1.40. The van der Waals surface area contributed by atoms with Crippen molar-refractivity contribution in [2.45, 2.75) is 24.5 Å². The van der Waals surface area contributed by atoms with E-state index < -0.39 is 0 Å². The zero-order valence-electron chi connectivity index (χ0n) is 7.40. The lowest BCUT2D eigenvalue weighted by Crippen LogP contribution is -2.04. The first kappa shape index (κ1) is 9.02. The normalized spacial score (nSPS) is 22.4. The molecule has 0 saturated carbocycles. The molecular formula is C8H13N3OS. The predicted octanol–water partition coefficient (Wildman–Crippen LogP) is 1.14. The van der Waals surface area contributed by atoms with Crippen LogP contribution < -0.4 is 5.73 Å². The van der Waals surface area contributed by atoms with E-state index in [1.54, 1.807) is 0 Å². The van der Waals surface area contributed by atoms with E-state index in [0.29, 0.717) is 18.2 Å². The third-order valence-corrected chi connectivity index (χ3v) is 3.42. The van der Waals surface area contributed by atoms with Crippen LogP contribution in [0, 0.1) is 0 Å². The zero-order chi connectivity index (χ0) is 9.10. The minimum absolute atomic E-state index is 0.430. The van der Waals surface area contributed by atoms with E-state index in [1.165, 1.54) is 12.2 Å². The molecule has 0 spiro atoms. The molecule has 1 fully saturated rings. The second-order valence-electron chi connectivity index (χ2n) is 3.09. The van der Waals surface area contributed by atoms with Gasteiger partial charge in [0.2, 0.25) is 5.89 Å². The van der Waals surface area contributed by atoms with Gasteiger partial charge in [0.1, 0.15) is 0 Å². The summed E-state index contributed by atoms with van der Waals surface area (Å²) in [6.07, 6.45) is 3.12. The highest BCUT2D eigenvalue weighted by atomic mass is 32.2. The molecule has 1 aliphatic heterocycles. The lowest BCUT2D eigenvalue weighted by Gasteiger charge is -1.98. The SMILES string of the molecule is NCCc1noc(C2CCCS2)n1. The van der Waals surface area contributed by atoms with Gasteiger partial charge in [-0.1, -0.05) is 5.16 Å². The van der Waals surface area contributed by atoms with Crippen LogP contribution in [0.1, 0.15) is 29.8 Å². The fourth-order valence-corrected chi connectivity index (χ4v) is 2.59. The van der Waals surface area contributed by atoms with Crippen molar-refractivity contribution < 1.29 is 4.52 Å². The molecule has 4 nitrogen and oxygen atoms in total. The monoisotopic (exact) mass is 199 g/mol. The molecule has 0 aromatic carbocycles. The molecule has 1 aromatic rings. The Morgan fingerprint density at radius 2 is 2.54 bits per heavy atom. The second-order valence-corrected chi connectivity index (χ2v) is 4.40. The van der Waals surface area contributed by atoms with Crippen LogP contribution in [0.2, 0.25) is 0 Å². The Morgan fingerprint density at radius 3 is 3.23 bits per heavy atom. The molecule has 1 aromatic heterocycles. The average molecular weight is 199 g/mol. The fraction of sp³-hybridized carbons (Fsp3) is 0.750. The van der Waals surface area contributed by atoms with Gasteiger partial charge in [0, 0.05) is 6.42 Å². The number of hydrogen-bond acceptors (Lipinski definition) is 5. The number of hydrogen-bond donors (Lipinski definition) is 1. The first-order valence-corrected chi connectivity index (χ1v) is 5.59. The van der Waals surface area contributed by atoms with Crippen LogP contribution in [0.3, 0.4) is 0 Å². The summed E-state index contributed by atoms with van der Waals surface area (Å²) in [4.78, 5) is 4.30. The molecule has 13 heavy (non-hydrogen) atoms. The Kier molecular flexibility index (Phi) is 2.85. The van der Waals surface area contributed by atoms with Gasteiger partial charge in [-0.2, -0.15) is 4.98 Å². The van der Waals surface area contributed by atoms with Gasteiger partial charge in [-0.3, -0.25) is 0 Å². The largest absolute Gasteiger partial charge is 0.338 e. The maximum Gasteiger partial charge on any atom is 0.239 e. The topological polar surface area (TPSA) is 64.9 Å². The van der Waals surface area contributed by atoms with Crippen LogP contribution in [-0.4, -0.2) is 22.4 Å². The Bertz CT molecular complexity index is 270. The van der Waals surface area contributed by atoms with E-state index in [2.05, 4.69) is 10.1 Å². The van der Waals surface area contributed by atoms with Crippen molar-refractivity contribution >= 4 is 11.8 Å². The highest BCUT2D eigenvalue weighted by Crippen LogP contribution is 2.38. The quantitative estimate of drug-likeness (QED) is 0.790. The molecule has 5 heteroatoms. The van der Waals surface area contributed by atoms with E-state index in [4.69, 9.17) is 10.3 Å². The van der Waals surface area contributed by atoms with Crippen molar-refractivity contribution in [3.05, 3.63) is 11.7 Å². The van der Waals surface area contributed by atoms with Gasteiger partial charge >= 0.3 is 0 Å². The Balaban J connectivity index is 2.03. The number of nitrogens with zero attached hydrogens (tertiary/aromatic N) is 2. The van der Waals surface area contributed by atoms with Gasteiger partial charge in [0.25, 0.3) is 0 Å². The zero-order valence-corrected chi connectivity index (χ0v) is 8.22. The summed E-state index contributed by atoms with van der Waals surface area (Å²) in [6.45, 7) is 0.580. The molecule has 1 unspecified atom stereocenters. The van der Waals surface area contributed by atoms with Crippen LogP contribution in [0.25, 0.3) is 0 Å². The summed E-state index contributed by atoms with van der Waals surface area (Å²) in [5.41, 5.74) is 5.40. The first-order chi connectivity index (χ1) is 6.40. The maximum absolute atomic E-state index is 5.40. The Hall–Kier alpha value is -0.550. The van der Waals surface area contributed by atoms with Gasteiger partial charge in [-0.25, -0.2) is 0 Å². The Morgan fingerprint density at radius 1 is 1.62 bits per heavy atom. The summed E-state index contributed by atoms with van der Waals surface area (Å²) >= 11 is 1.90. The number of nitrogens with two attached hydrogens (primary N) is 1. The van der Waals surface area contributed by atoms with Crippen LogP contribution in [0.4, 0.5) is 0 Å². The smallest absolute Gasteiger partial charge is 0.239 e. The number of aromatic nitrogens is 2. The molecular weight excluding hydrogens is 186 g/mol. The van der Waals surface area contributed by atoms with E-state index >= 15 is 0 Å². The standard InChI is InChI=1S/C8H13N3OS/c9-4-3-7-10-8(12-11-7)6-2-1-5-13-6/h6H,1-5,9H2. The summed E-state index contributed by atoms with van der Waals surface area (Å²) < 4.78 is 5.16. The van der Waals surface area contributed by atoms with Crippen LogP contribution in [0.15, 0.2) is 4.52 Å². The minimum Gasteiger partial charge on any atom is -0.338 e. The number of rotatable bonds is 3. The molecule has 1 atom stereocenters. The third-order valence-electron chi connectivity index (χ3n) is 2.06. The highest BCUT2D eigenvalue weighted by Gasteiger charge is 2.23. The van der Waals surface area contributed by atoms with Gasteiger partial charge < -0.3 is 10.3 Å². The van der Waals surface area contributed by atoms with Crippen molar-refractivity contribution in [2.24, 2.45) is 5.73 Å². The van der Waals surface area contributed by atoms with E-state index in [-0.39, 0.29) is 0 Å². The van der Waals surface area contributed by atoms with Crippen molar-refractivity contribution in [3.8, 4) is 0 Å². The molecule has 72 valence electrons. The van der Waals surface area contributed by atoms with E-state index in [1.807, 2.05) is 11.8 Å². The van der Waals surface area contributed by atoms with Crippen LogP contribution >= 0.6 is 11.8 Å². The lowest BCUT2D eigenvalue weighted by atomic mass is 10.2. The summed E-state index contributed by atoms with van der Waals surface area (Å²) in [5, 5.41) is 4.30. The number of thioether (sulfide) groups is 1. The van der Waals surface area contributed by atoms with Gasteiger partial charge in [0.15, 0.2) is 5.82 Å². The first-order valence-electron chi connectivity index (χ1n) is 4.54. The molecule has 0 radical (unpaired) electrons. The second kappa shape index (κ2) is 4.11. The molecule has 0 amide bonds. The molecule has 0 aliphatic carbocycles. The minimum atomic E-state index is 0.430. The molecule has 1 saturated heterocycles. The molecule has 2 rings (SSSR count). The summed E-state index contributed by atoms with van der Waals surface area (Å²) in [7, 11) is 0. The van der Waals surface area contributed by atoms with Gasteiger partial charge in [-0.15, -0.1) is 11.8 Å². The van der Waals surface area contributed by atoms with Crippen LogP contribution in [-0.2, 0) is 6.42 Å². The predicted molar refractivity (Wildman–Crippen MR) is 51.5 cm³/mol. The lowest BCUT2D eigenvalue weighted by molar-refractivity contribution is 0.370. The Labute approximate surface area is 81.3 Å². The van der Waals surface area contributed by atoms with Gasteiger partial charge in [-0.05, 0) is 25.1 Å².